The molecule has 1 saturated carbocycles. The Morgan fingerprint density at radius 2 is 2.29 bits per heavy atom. The van der Waals surface area contributed by atoms with Crippen LogP contribution in [0.15, 0.2) is 24.4 Å². The Labute approximate surface area is 83.0 Å². The lowest BCUT2D eigenvalue weighted by Gasteiger charge is -2.01. The van der Waals surface area contributed by atoms with Crippen molar-refractivity contribution in [2.24, 2.45) is 5.92 Å². The van der Waals surface area contributed by atoms with Crippen molar-refractivity contribution in [1.29, 1.82) is 0 Å². The molecule has 1 aromatic heterocycles. The van der Waals surface area contributed by atoms with Gasteiger partial charge in [0.2, 0.25) is 5.78 Å². The Hall–Kier alpha value is -1.38. The zero-order valence-corrected chi connectivity index (χ0v) is 7.98. The number of carbonyl (C=O) groups is 1. The largest absolute Gasteiger partial charge is 0.618 e. The number of hydrogen-bond acceptors (Lipinski definition) is 2. The minimum atomic E-state index is -0.0347. The number of aromatic nitrogens is 1. The molecule has 2 rings (SSSR count). The minimum Gasteiger partial charge on any atom is -0.618 e. The summed E-state index contributed by atoms with van der Waals surface area (Å²) in [5.74, 6) is 0.704. The van der Waals surface area contributed by atoms with Gasteiger partial charge in [0.05, 0.1) is 0 Å². The highest BCUT2D eigenvalue weighted by Gasteiger charge is 2.24. The number of hydrogen-bond donors (Lipinski definition) is 0. The predicted molar refractivity (Wildman–Crippen MR) is 51.7 cm³/mol. The summed E-state index contributed by atoms with van der Waals surface area (Å²) in [6, 6.07) is 4.94. The smallest absolute Gasteiger partial charge is 0.259 e. The van der Waals surface area contributed by atoms with Crippen molar-refractivity contribution in [3.05, 3.63) is 35.3 Å². The van der Waals surface area contributed by atoms with Gasteiger partial charge in [0, 0.05) is 18.6 Å². The maximum atomic E-state index is 11.6. The molecular weight excluding hydrogens is 178 g/mol. The molecule has 74 valence electrons. The average molecular weight is 191 g/mol. The number of nitrogens with zero attached hydrogens (tertiary/aromatic N) is 1. The SMILES string of the molecule is O=C(CCC1CC1)c1cccc[n+]1[O-]. The van der Waals surface area contributed by atoms with Gasteiger partial charge in [-0.3, -0.25) is 4.79 Å². The van der Waals surface area contributed by atoms with E-state index in [0.717, 1.165) is 12.3 Å². The van der Waals surface area contributed by atoms with Crippen LogP contribution in [0.25, 0.3) is 0 Å². The van der Waals surface area contributed by atoms with Gasteiger partial charge in [-0.25, -0.2) is 0 Å². The van der Waals surface area contributed by atoms with E-state index in [1.54, 1.807) is 18.2 Å². The van der Waals surface area contributed by atoms with Crippen LogP contribution in [0.5, 0.6) is 0 Å². The van der Waals surface area contributed by atoms with Gasteiger partial charge in [0.25, 0.3) is 5.69 Å². The molecule has 14 heavy (non-hydrogen) atoms. The second kappa shape index (κ2) is 3.78. The number of pyridine rings is 1. The first-order valence-electron chi connectivity index (χ1n) is 4.99. The van der Waals surface area contributed by atoms with Gasteiger partial charge >= 0.3 is 0 Å². The molecule has 0 amide bonds. The van der Waals surface area contributed by atoms with Crippen molar-refractivity contribution in [2.45, 2.75) is 25.7 Å². The van der Waals surface area contributed by atoms with Crippen LogP contribution in [-0.2, 0) is 0 Å². The van der Waals surface area contributed by atoms with E-state index in [-0.39, 0.29) is 11.5 Å². The summed E-state index contributed by atoms with van der Waals surface area (Å²) < 4.78 is 0.648. The molecule has 0 aromatic carbocycles. The lowest BCUT2D eigenvalue weighted by atomic mass is 10.1. The van der Waals surface area contributed by atoms with Gasteiger partial charge in [0.15, 0.2) is 6.20 Å². The van der Waals surface area contributed by atoms with Gasteiger partial charge in [-0.1, -0.05) is 12.8 Å². The fraction of sp³-hybridized carbons (Fsp3) is 0.455. The Morgan fingerprint density at radius 3 is 2.93 bits per heavy atom. The number of rotatable bonds is 4. The molecule has 0 saturated heterocycles. The first-order valence-corrected chi connectivity index (χ1v) is 4.99. The van der Waals surface area contributed by atoms with Crippen LogP contribution < -0.4 is 4.73 Å². The average Bonchev–Trinajstić information content (AvgIpc) is 2.98. The third-order valence-corrected chi connectivity index (χ3v) is 2.59. The molecule has 0 radical (unpaired) electrons. The molecule has 0 N–H and O–H groups in total. The van der Waals surface area contributed by atoms with Crippen molar-refractivity contribution in [3.8, 4) is 0 Å². The fourth-order valence-electron chi connectivity index (χ4n) is 1.51. The summed E-state index contributed by atoms with van der Waals surface area (Å²) >= 11 is 0. The molecule has 0 spiro atoms. The zero-order valence-electron chi connectivity index (χ0n) is 7.98. The lowest BCUT2D eigenvalue weighted by Crippen LogP contribution is -2.33. The molecule has 0 aliphatic heterocycles. The summed E-state index contributed by atoms with van der Waals surface area (Å²) in [6.45, 7) is 0. The van der Waals surface area contributed by atoms with Crippen molar-refractivity contribution in [2.75, 3.05) is 0 Å². The minimum absolute atomic E-state index is 0.0347. The Balaban J connectivity index is 1.98. The van der Waals surface area contributed by atoms with E-state index < -0.39 is 0 Å². The highest BCUT2D eigenvalue weighted by molar-refractivity contribution is 5.92. The fourth-order valence-corrected chi connectivity index (χ4v) is 1.51. The third kappa shape index (κ3) is 2.10. The molecule has 1 aliphatic carbocycles. The second-order valence-corrected chi connectivity index (χ2v) is 3.82. The van der Waals surface area contributed by atoms with Crippen LogP contribution in [0.4, 0.5) is 0 Å². The van der Waals surface area contributed by atoms with Crippen molar-refractivity contribution in [3.63, 3.8) is 0 Å². The van der Waals surface area contributed by atoms with E-state index >= 15 is 0 Å². The number of carbonyl (C=O) groups excluding carboxylic acids is 1. The van der Waals surface area contributed by atoms with Crippen LogP contribution in [0.1, 0.15) is 36.2 Å². The Bertz CT molecular complexity index is 345. The van der Waals surface area contributed by atoms with E-state index in [2.05, 4.69) is 0 Å². The summed E-state index contributed by atoms with van der Waals surface area (Å²) in [5.41, 5.74) is 0.271. The summed E-state index contributed by atoms with van der Waals surface area (Å²) in [7, 11) is 0. The molecule has 0 bridgehead atoms. The monoisotopic (exact) mass is 191 g/mol. The van der Waals surface area contributed by atoms with Gasteiger partial charge < -0.3 is 5.21 Å². The molecule has 3 nitrogen and oxygen atoms in total. The quantitative estimate of drug-likeness (QED) is 0.413. The summed E-state index contributed by atoms with van der Waals surface area (Å²) in [5, 5.41) is 11.2. The van der Waals surface area contributed by atoms with Crippen molar-refractivity contribution < 1.29 is 9.52 Å². The van der Waals surface area contributed by atoms with Gasteiger partial charge in [-0.15, -0.1) is 0 Å². The van der Waals surface area contributed by atoms with E-state index in [4.69, 9.17) is 0 Å². The molecular formula is C11H13NO2. The lowest BCUT2D eigenvalue weighted by molar-refractivity contribution is -0.607. The maximum absolute atomic E-state index is 11.6. The summed E-state index contributed by atoms with van der Waals surface area (Å²) in [6.07, 6.45) is 5.31. The van der Waals surface area contributed by atoms with E-state index in [9.17, 15) is 10.0 Å². The van der Waals surface area contributed by atoms with Crippen LogP contribution in [0, 0.1) is 11.1 Å². The zero-order chi connectivity index (χ0) is 9.97. The molecule has 0 atom stereocenters. The van der Waals surface area contributed by atoms with Gasteiger partial charge in [-0.2, -0.15) is 4.73 Å². The third-order valence-electron chi connectivity index (χ3n) is 2.59. The van der Waals surface area contributed by atoms with E-state index in [0.29, 0.717) is 11.2 Å². The first-order chi connectivity index (χ1) is 6.77. The van der Waals surface area contributed by atoms with Gasteiger partial charge in [0.1, 0.15) is 0 Å². The maximum Gasteiger partial charge on any atom is 0.259 e. The molecule has 3 heteroatoms. The molecule has 0 unspecified atom stereocenters. The van der Waals surface area contributed by atoms with Crippen LogP contribution in [0.2, 0.25) is 0 Å². The normalized spacial score (nSPS) is 15.4. The summed E-state index contributed by atoms with van der Waals surface area (Å²) in [4.78, 5) is 11.6. The molecule has 1 heterocycles. The van der Waals surface area contributed by atoms with E-state index in [1.807, 2.05) is 0 Å². The Morgan fingerprint density at radius 1 is 1.50 bits per heavy atom. The van der Waals surface area contributed by atoms with Crippen molar-refractivity contribution >= 4 is 5.78 Å². The van der Waals surface area contributed by atoms with Gasteiger partial charge in [-0.05, 0) is 18.4 Å². The van der Waals surface area contributed by atoms with Crippen molar-refractivity contribution in [1.82, 2.24) is 0 Å². The predicted octanol–water partition coefficient (Wildman–Crippen LogP) is 1.69. The van der Waals surface area contributed by atoms with Crippen LogP contribution >= 0.6 is 0 Å². The highest BCUT2D eigenvalue weighted by atomic mass is 16.5. The molecule has 1 aromatic rings. The molecule has 1 fully saturated rings. The van der Waals surface area contributed by atoms with Crippen LogP contribution in [-0.4, -0.2) is 5.78 Å². The number of ketones is 1. The Kier molecular flexibility index (Phi) is 2.48. The topological polar surface area (TPSA) is 44.0 Å². The van der Waals surface area contributed by atoms with Crippen LogP contribution in [0.3, 0.4) is 0 Å². The first kappa shape index (κ1) is 9.19. The second-order valence-electron chi connectivity index (χ2n) is 3.82. The molecule has 1 aliphatic rings. The van der Waals surface area contributed by atoms with E-state index in [1.165, 1.54) is 19.0 Å². The standard InChI is InChI=1S/C11H13NO2/c13-11(7-6-9-4-5-9)10-3-1-2-8-12(10)14/h1-3,8-9H,4-7H2. The highest BCUT2D eigenvalue weighted by Crippen LogP contribution is 2.33. The number of Topliss-reactive ketones (excluding diaryl/α,β-unsaturated/α-hetero) is 1.